The Hall–Kier alpha value is -1.93. The van der Waals surface area contributed by atoms with E-state index in [1.807, 2.05) is 48.5 Å². The number of aliphatic hydroxyl groups is 1. The van der Waals surface area contributed by atoms with E-state index in [1.165, 1.54) is 0 Å². The number of hydrogen-bond donors (Lipinski definition) is 1. The first-order chi connectivity index (χ1) is 7.86. The lowest BCUT2D eigenvalue weighted by Crippen LogP contribution is -1.95. The lowest BCUT2D eigenvalue weighted by atomic mass is 10.1. The zero-order chi connectivity index (χ0) is 11.2. The van der Waals surface area contributed by atoms with Gasteiger partial charge in [0.05, 0.1) is 5.69 Å². The van der Waals surface area contributed by atoms with E-state index < -0.39 is 6.10 Å². The molecule has 2 nitrogen and oxygen atoms in total. The molecular weight excluding hydrogens is 198 g/mol. The lowest BCUT2D eigenvalue weighted by Gasteiger charge is -2.03. The van der Waals surface area contributed by atoms with Gasteiger partial charge in [0.15, 0.2) is 0 Å². The Labute approximate surface area is 94.9 Å². The molecule has 1 heterocycles. The van der Waals surface area contributed by atoms with Crippen LogP contribution in [0.25, 0.3) is 6.08 Å². The minimum atomic E-state index is -0.651. The maximum absolute atomic E-state index is 9.83. The normalized spacial score (nSPS) is 12.8. The number of rotatable bonds is 3. The number of hydrogen-bond acceptors (Lipinski definition) is 2. The molecule has 16 heavy (non-hydrogen) atoms. The van der Waals surface area contributed by atoms with Crippen molar-refractivity contribution in [1.29, 1.82) is 0 Å². The molecule has 0 aliphatic rings. The SMILES string of the molecule is OC(C=Cc1ccccc1)c1ccccn1. The Bertz CT molecular complexity index is 451. The Balaban J connectivity index is 2.08. The summed E-state index contributed by atoms with van der Waals surface area (Å²) in [5, 5.41) is 9.83. The molecule has 1 atom stereocenters. The molecule has 1 unspecified atom stereocenters. The van der Waals surface area contributed by atoms with Gasteiger partial charge < -0.3 is 5.11 Å². The minimum Gasteiger partial charge on any atom is -0.383 e. The van der Waals surface area contributed by atoms with Crippen molar-refractivity contribution in [3.05, 3.63) is 72.1 Å². The Morgan fingerprint density at radius 1 is 1.00 bits per heavy atom. The summed E-state index contributed by atoms with van der Waals surface area (Å²) in [4.78, 5) is 4.09. The van der Waals surface area contributed by atoms with Crippen molar-refractivity contribution < 1.29 is 5.11 Å². The second-order valence-electron chi connectivity index (χ2n) is 3.47. The fourth-order valence-corrected chi connectivity index (χ4v) is 1.42. The van der Waals surface area contributed by atoms with E-state index in [2.05, 4.69) is 4.98 Å². The van der Waals surface area contributed by atoms with Gasteiger partial charge in [-0.15, -0.1) is 0 Å². The van der Waals surface area contributed by atoms with Crippen molar-refractivity contribution in [1.82, 2.24) is 4.98 Å². The number of nitrogens with zero attached hydrogens (tertiary/aromatic N) is 1. The van der Waals surface area contributed by atoms with E-state index in [4.69, 9.17) is 0 Å². The van der Waals surface area contributed by atoms with Crippen molar-refractivity contribution >= 4 is 6.08 Å². The van der Waals surface area contributed by atoms with Gasteiger partial charge in [-0.2, -0.15) is 0 Å². The molecule has 0 fully saturated rings. The Morgan fingerprint density at radius 3 is 2.44 bits per heavy atom. The summed E-state index contributed by atoms with van der Waals surface area (Å²) in [6.45, 7) is 0. The molecule has 0 saturated heterocycles. The third kappa shape index (κ3) is 2.78. The molecule has 0 amide bonds. The van der Waals surface area contributed by atoms with Gasteiger partial charge in [-0.1, -0.05) is 42.5 Å². The van der Waals surface area contributed by atoms with Crippen molar-refractivity contribution in [2.45, 2.75) is 6.10 Å². The largest absolute Gasteiger partial charge is 0.383 e. The Kier molecular flexibility index (Phi) is 3.46. The van der Waals surface area contributed by atoms with Gasteiger partial charge in [0.1, 0.15) is 6.10 Å². The minimum absolute atomic E-state index is 0.651. The predicted octanol–water partition coefficient (Wildman–Crippen LogP) is 2.83. The monoisotopic (exact) mass is 211 g/mol. The summed E-state index contributed by atoms with van der Waals surface area (Å²) < 4.78 is 0. The first-order valence-corrected chi connectivity index (χ1v) is 5.18. The van der Waals surface area contributed by atoms with Crippen LogP contribution >= 0.6 is 0 Å². The zero-order valence-electron chi connectivity index (χ0n) is 8.82. The first kappa shape index (κ1) is 10.6. The van der Waals surface area contributed by atoms with Gasteiger partial charge in [-0.3, -0.25) is 4.98 Å². The average Bonchev–Trinajstić information content (AvgIpc) is 2.38. The van der Waals surface area contributed by atoms with Crippen LogP contribution in [0.1, 0.15) is 17.4 Å². The molecule has 0 spiro atoms. The topological polar surface area (TPSA) is 33.1 Å². The molecule has 2 aromatic rings. The van der Waals surface area contributed by atoms with Crippen molar-refractivity contribution in [2.24, 2.45) is 0 Å². The van der Waals surface area contributed by atoms with Gasteiger partial charge in [0, 0.05) is 6.20 Å². The van der Waals surface area contributed by atoms with Crippen LogP contribution in [0.5, 0.6) is 0 Å². The molecular formula is C14H13NO. The zero-order valence-corrected chi connectivity index (χ0v) is 8.82. The molecule has 0 aliphatic carbocycles. The molecule has 1 N–H and O–H groups in total. The summed E-state index contributed by atoms with van der Waals surface area (Å²) in [6, 6.07) is 15.4. The molecule has 80 valence electrons. The maximum Gasteiger partial charge on any atom is 0.114 e. The first-order valence-electron chi connectivity index (χ1n) is 5.18. The maximum atomic E-state index is 9.83. The quantitative estimate of drug-likeness (QED) is 0.846. The van der Waals surface area contributed by atoms with E-state index in [9.17, 15) is 5.11 Å². The van der Waals surface area contributed by atoms with Crippen LogP contribution in [0.2, 0.25) is 0 Å². The number of aromatic nitrogens is 1. The molecule has 1 aromatic heterocycles. The van der Waals surface area contributed by atoms with Crippen molar-refractivity contribution in [3.8, 4) is 0 Å². The van der Waals surface area contributed by atoms with Gasteiger partial charge >= 0.3 is 0 Å². The average molecular weight is 211 g/mol. The summed E-state index contributed by atoms with van der Waals surface area (Å²) in [7, 11) is 0. The summed E-state index contributed by atoms with van der Waals surface area (Å²) in [5.41, 5.74) is 1.73. The summed E-state index contributed by atoms with van der Waals surface area (Å²) >= 11 is 0. The van der Waals surface area contributed by atoms with Gasteiger partial charge in [0.2, 0.25) is 0 Å². The van der Waals surface area contributed by atoms with E-state index >= 15 is 0 Å². The van der Waals surface area contributed by atoms with Crippen molar-refractivity contribution in [2.75, 3.05) is 0 Å². The highest BCUT2D eigenvalue weighted by Crippen LogP contribution is 2.12. The number of aliphatic hydroxyl groups excluding tert-OH is 1. The van der Waals surface area contributed by atoms with Crippen LogP contribution in [-0.4, -0.2) is 10.1 Å². The van der Waals surface area contributed by atoms with E-state index in [0.717, 1.165) is 5.56 Å². The standard InChI is InChI=1S/C14H13NO/c16-14(13-8-4-5-11-15-13)10-9-12-6-2-1-3-7-12/h1-11,14,16H. The smallest absolute Gasteiger partial charge is 0.114 e. The fraction of sp³-hybridized carbons (Fsp3) is 0.0714. The summed E-state index contributed by atoms with van der Waals surface area (Å²) in [6.07, 6.45) is 4.65. The second-order valence-corrected chi connectivity index (χ2v) is 3.47. The molecule has 2 rings (SSSR count). The number of benzene rings is 1. The third-order valence-corrected chi connectivity index (χ3v) is 2.26. The van der Waals surface area contributed by atoms with Crippen molar-refractivity contribution in [3.63, 3.8) is 0 Å². The van der Waals surface area contributed by atoms with Crippen LogP contribution in [0, 0.1) is 0 Å². The van der Waals surface area contributed by atoms with E-state index in [-0.39, 0.29) is 0 Å². The molecule has 0 saturated carbocycles. The molecule has 2 heteroatoms. The highest BCUT2D eigenvalue weighted by Gasteiger charge is 2.02. The summed E-state index contributed by atoms with van der Waals surface area (Å²) in [5.74, 6) is 0. The van der Waals surface area contributed by atoms with Crippen LogP contribution in [0.15, 0.2) is 60.8 Å². The molecule has 1 aromatic carbocycles. The molecule has 0 aliphatic heterocycles. The highest BCUT2D eigenvalue weighted by molar-refractivity contribution is 5.49. The lowest BCUT2D eigenvalue weighted by molar-refractivity contribution is 0.224. The van der Waals surface area contributed by atoms with Crippen LogP contribution in [0.4, 0.5) is 0 Å². The van der Waals surface area contributed by atoms with Crippen LogP contribution in [0.3, 0.4) is 0 Å². The predicted molar refractivity (Wildman–Crippen MR) is 64.7 cm³/mol. The van der Waals surface area contributed by atoms with Crippen LogP contribution < -0.4 is 0 Å². The van der Waals surface area contributed by atoms with Crippen LogP contribution in [-0.2, 0) is 0 Å². The number of pyridine rings is 1. The third-order valence-electron chi connectivity index (χ3n) is 2.26. The van der Waals surface area contributed by atoms with Gasteiger partial charge in [-0.05, 0) is 23.8 Å². The fourth-order valence-electron chi connectivity index (χ4n) is 1.42. The van der Waals surface area contributed by atoms with Gasteiger partial charge in [0.25, 0.3) is 0 Å². The highest BCUT2D eigenvalue weighted by atomic mass is 16.3. The van der Waals surface area contributed by atoms with Gasteiger partial charge in [-0.25, -0.2) is 0 Å². The molecule has 0 bridgehead atoms. The van der Waals surface area contributed by atoms with E-state index in [0.29, 0.717) is 5.69 Å². The Morgan fingerprint density at radius 2 is 1.75 bits per heavy atom. The molecule has 0 radical (unpaired) electrons. The second kappa shape index (κ2) is 5.24. The van der Waals surface area contributed by atoms with E-state index in [1.54, 1.807) is 18.3 Å².